The van der Waals surface area contributed by atoms with Crippen molar-refractivity contribution in [1.29, 1.82) is 0 Å². The summed E-state index contributed by atoms with van der Waals surface area (Å²) in [6, 6.07) is 9.05. The second kappa shape index (κ2) is 7.55. The van der Waals surface area contributed by atoms with Gasteiger partial charge in [0.25, 0.3) is 0 Å². The topological polar surface area (TPSA) is 24.1 Å². The van der Waals surface area contributed by atoms with Crippen LogP contribution in [0.15, 0.2) is 24.3 Å². The molecule has 102 valence electrons. The van der Waals surface area contributed by atoms with Crippen molar-refractivity contribution in [3.63, 3.8) is 0 Å². The maximum atomic E-state index is 3.59. The number of nitrogens with one attached hydrogen (secondary N) is 2. The minimum atomic E-state index is 0.164. The van der Waals surface area contributed by atoms with Crippen molar-refractivity contribution in [2.75, 3.05) is 20.1 Å². The van der Waals surface area contributed by atoms with Gasteiger partial charge < -0.3 is 10.6 Å². The Kier molecular flexibility index (Phi) is 6.37. The Bertz CT molecular complexity index is 327. The van der Waals surface area contributed by atoms with E-state index in [2.05, 4.69) is 55.7 Å². The van der Waals surface area contributed by atoms with E-state index < -0.39 is 0 Å². The summed E-state index contributed by atoms with van der Waals surface area (Å²) in [5.41, 5.74) is 3.03. The first kappa shape index (κ1) is 15.2. The molecule has 1 rings (SSSR count). The Balaban J connectivity index is 2.35. The lowest BCUT2D eigenvalue weighted by molar-refractivity contribution is 0.379. The smallest absolute Gasteiger partial charge is 0.0249 e. The van der Waals surface area contributed by atoms with Gasteiger partial charge in [0.2, 0.25) is 0 Å². The maximum Gasteiger partial charge on any atom is 0.0249 e. The first-order valence-electron chi connectivity index (χ1n) is 7.05. The quantitative estimate of drug-likeness (QED) is 0.739. The van der Waals surface area contributed by atoms with Crippen molar-refractivity contribution in [3.05, 3.63) is 35.4 Å². The fourth-order valence-corrected chi connectivity index (χ4v) is 2.21. The standard InChI is InChI=1S/C16H28N2/c1-5-6-14-7-9-15(10-8-14)11-12-18-16(2,3)13-17-4/h7-10,17-18H,5-6,11-13H2,1-4H3. The minimum Gasteiger partial charge on any atom is -0.318 e. The molecule has 0 amide bonds. The van der Waals surface area contributed by atoms with Crippen molar-refractivity contribution < 1.29 is 0 Å². The SMILES string of the molecule is CCCc1ccc(CCNC(C)(C)CNC)cc1. The van der Waals surface area contributed by atoms with Crippen molar-refractivity contribution >= 4 is 0 Å². The number of hydrogen-bond donors (Lipinski definition) is 2. The van der Waals surface area contributed by atoms with Crippen LogP contribution < -0.4 is 10.6 Å². The number of likely N-dealkylation sites (N-methyl/N-ethyl adjacent to an activating group) is 1. The van der Waals surface area contributed by atoms with Crippen LogP contribution in [0.25, 0.3) is 0 Å². The fourth-order valence-electron chi connectivity index (χ4n) is 2.21. The molecule has 0 aliphatic heterocycles. The zero-order chi connectivity index (χ0) is 13.4. The summed E-state index contributed by atoms with van der Waals surface area (Å²) in [6.07, 6.45) is 3.51. The summed E-state index contributed by atoms with van der Waals surface area (Å²) >= 11 is 0. The largest absolute Gasteiger partial charge is 0.318 e. The molecule has 1 aromatic carbocycles. The second-order valence-electron chi connectivity index (χ2n) is 5.66. The molecule has 0 radical (unpaired) electrons. The highest BCUT2D eigenvalue weighted by atomic mass is 15.0. The number of aryl methyl sites for hydroxylation is 1. The van der Waals surface area contributed by atoms with E-state index in [0.717, 1.165) is 19.5 Å². The first-order valence-corrected chi connectivity index (χ1v) is 7.05. The van der Waals surface area contributed by atoms with Gasteiger partial charge in [-0.25, -0.2) is 0 Å². The van der Waals surface area contributed by atoms with Crippen LogP contribution in [0.3, 0.4) is 0 Å². The van der Waals surface area contributed by atoms with Gasteiger partial charge in [-0.3, -0.25) is 0 Å². The highest BCUT2D eigenvalue weighted by Crippen LogP contribution is 2.07. The van der Waals surface area contributed by atoms with Gasteiger partial charge >= 0.3 is 0 Å². The average Bonchev–Trinajstić information content (AvgIpc) is 2.31. The number of hydrogen-bond acceptors (Lipinski definition) is 2. The molecule has 0 aromatic heterocycles. The van der Waals surface area contributed by atoms with Crippen LogP contribution >= 0.6 is 0 Å². The summed E-state index contributed by atoms with van der Waals surface area (Å²) < 4.78 is 0. The van der Waals surface area contributed by atoms with Gasteiger partial charge in [-0.2, -0.15) is 0 Å². The first-order chi connectivity index (χ1) is 8.57. The summed E-state index contributed by atoms with van der Waals surface area (Å²) in [5, 5.41) is 6.80. The van der Waals surface area contributed by atoms with Crippen LogP contribution in [0.1, 0.15) is 38.3 Å². The monoisotopic (exact) mass is 248 g/mol. The predicted octanol–water partition coefficient (Wildman–Crippen LogP) is 2.77. The van der Waals surface area contributed by atoms with E-state index in [1.807, 2.05) is 7.05 Å². The molecule has 0 aliphatic carbocycles. The molecular weight excluding hydrogens is 220 g/mol. The Hall–Kier alpha value is -0.860. The third-order valence-electron chi connectivity index (χ3n) is 3.20. The number of benzene rings is 1. The molecule has 0 aliphatic rings. The Morgan fingerprint density at radius 1 is 1.00 bits per heavy atom. The zero-order valence-electron chi connectivity index (χ0n) is 12.3. The van der Waals surface area contributed by atoms with Crippen LogP contribution in [0, 0.1) is 0 Å². The molecule has 2 N–H and O–H groups in total. The van der Waals surface area contributed by atoms with Crippen LogP contribution in [-0.2, 0) is 12.8 Å². The van der Waals surface area contributed by atoms with E-state index in [9.17, 15) is 0 Å². The molecule has 0 atom stereocenters. The molecule has 2 nitrogen and oxygen atoms in total. The summed E-state index contributed by atoms with van der Waals surface area (Å²) in [4.78, 5) is 0. The van der Waals surface area contributed by atoms with Gasteiger partial charge in [0.1, 0.15) is 0 Å². The molecule has 0 spiro atoms. The normalized spacial score (nSPS) is 11.8. The molecular formula is C16H28N2. The Labute approximate surface area is 112 Å². The average molecular weight is 248 g/mol. The summed E-state index contributed by atoms with van der Waals surface area (Å²) in [6.45, 7) is 8.70. The molecule has 1 aromatic rings. The third kappa shape index (κ3) is 5.65. The minimum absolute atomic E-state index is 0.164. The zero-order valence-corrected chi connectivity index (χ0v) is 12.3. The summed E-state index contributed by atoms with van der Waals surface area (Å²) in [7, 11) is 2.00. The van der Waals surface area contributed by atoms with Crippen molar-refractivity contribution in [1.82, 2.24) is 10.6 Å². The summed E-state index contributed by atoms with van der Waals surface area (Å²) in [5.74, 6) is 0. The molecule has 18 heavy (non-hydrogen) atoms. The lowest BCUT2D eigenvalue weighted by atomic mass is 10.0. The van der Waals surface area contributed by atoms with Crippen LogP contribution in [0.5, 0.6) is 0 Å². The highest BCUT2D eigenvalue weighted by Gasteiger charge is 2.14. The van der Waals surface area contributed by atoms with Gasteiger partial charge in [0, 0.05) is 12.1 Å². The predicted molar refractivity (Wildman–Crippen MR) is 80.1 cm³/mol. The number of rotatable bonds is 8. The Morgan fingerprint density at radius 3 is 2.06 bits per heavy atom. The van der Waals surface area contributed by atoms with Crippen LogP contribution in [0.4, 0.5) is 0 Å². The maximum absolute atomic E-state index is 3.59. The molecule has 0 fully saturated rings. The van der Waals surface area contributed by atoms with E-state index in [1.54, 1.807) is 0 Å². The molecule has 0 unspecified atom stereocenters. The van der Waals surface area contributed by atoms with E-state index in [4.69, 9.17) is 0 Å². The van der Waals surface area contributed by atoms with E-state index in [-0.39, 0.29) is 5.54 Å². The van der Waals surface area contributed by atoms with Gasteiger partial charge in [-0.05, 0) is 51.4 Å². The van der Waals surface area contributed by atoms with E-state index in [0.29, 0.717) is 0 Å². The van der Waals surface area contributed by atoms with Gasteiger partial charge in [-0.1, -0.05) is 37.6 Å². The molecule has 0 heterocycles. The Morgan fingerprint density at radius 2 is 1.56 bits per heavy atom. The van der Waals surface area contributed by atoms with Gasteiger partial charge in [-0.15, -0.1) is 0 Å². The van der Waals surface area contributed by atoms with Crippen molar-refractivity contribution in [2.45, 2.75) is 45.6 Å². The van der Waals surface area contributed by atoms with Crippen LogP contribution in [0.2, 0.25) is 0 Å². The van der Waals surface area contributed by atoms with Gasteiger partial charge in [0.15, 0.2) is 0 Å². The van der Waals surface area contributed by atoms with Crippen molar-refractivity contribution in [2.24, 2.45) is 0 Å². The molecule has 0 saturated carbocycles. The third-order valence-corrected chi connectivity index (χ3v) is 3.20. The lowest BCUT2D eigenvalue weighted by Gasteiger charge is -2.26. The highest BCUT2D eigenvalue weighted by molar-refractivity contribution is 5.22. The van der Waals surface area contributed by atoms with E-state index in [1.165, 1.54) is 24.0 Å². The molecule has 2 heteroatoms. The van der Waals surface area contributed by atoms with E-state index >= 15 is 0 Å². The van der Waals surface area contributed by atoms with Crippen LogP contribution in [-0.4, -0.2) is 25.7 Å². The molecule has 0 bridgehead atoms. The fraction of sp³-hybridized carbons (Fsp3) is 0.625. The molecule has 0 saturated heterocycles. The lowest BCUT2D eigenvalue weighted by Crippen LogP contribution is -2.47. The van der Waals surface area contributed by atoms with Gasteiger partial charge in [0.05, 0.1) is 0 Å². The second-order valence-corrected chi connectivity index (χ2v) is 5.66. The van der Waals surface area contributed by atoms with Crippen molar-refractivity contribution in [3.8, 4) is 0 Å².